The van der Waals surface area contributed by atoms with Gasteiger partial charge in [-0.25, -0.2) is 16.8 Å². The van der Waals surface area contributed by atoms with Crippen LogP contribution in [0.25, 0.3) is 0 Å². The molecule has 0 bridgehead atoms. The van der Waals surface area contributed by atoms with Crippen LogP contribution in [0.4, 0.5) is 0 Å². The zero-order valence-corrected chi connectivity index (χ0v) is 33.2. The molecule has 2 unspecified atom stereocenters. The van der Waals surface area contributed by atoms with Crippen LogP contribution < -0.4 is 59.1 Å². The molecule has 5 fully saturated rings. The maximum Gasteiger partial charge on any atom is 1.00 e. The Morgan fingerprint density at radius 2 is 1.40 bits per heavy atom. The second-order valence-corrected chi connectivity index (χ2v) is 17.9. The first kappa shape index (κ1) is 39.1. The summed E-state index contributed by atoms with van der Waals surface area (Å²) >= 11 is 0. The Hall–Kier alpha value is 1.70. The van der Waals surface area contributed by atoms with E-state index >= 15 is 0 Å². The number of hydrogen-bond acceptors (Lipinski definition) is 9. The van der Waals surface area contributed by atoms with Crippen LogP contribution in [0.15, 0.2) is 0 Å². The standard InChI is InChI=1S/C30H52O9S2.2Na/c1-19(2)15-21(31)16-20(3)22-9-11-28(6)24-8-7-23-26(4,18-38-40(32,33)34)25(39-41(35,36)37)10-12-29(23)17-30(24,29)14-13-27(22,28)5;;/h19-25,31H,7-18H2,1-6H3,(H,32,33,34)(H,35,36,37);;/q;2*+1/p-2/t20?,21?,22-,23-,24+,25+,26+,27-,28+,29-,30+;;/m1../s1. The first-order chi connectivity index (χ1) is 18.7. The number of hydrogen-bond donors (Lipinski definition) is 1. The second kappa shape index (κ2) is 12.9. The Kier molecular flexibility index (Phi) is 11.7. The fraction of sp³-hybridized carbons (Fsp3) is 1.00. The summed E-state index contributed by atoms with van der Waals surface area (Å²) in [6, 6.07) is 0. The van der Waals surface area contributed by atoms with E-state index in [9.17, 15) is 31.0 Å². The molecule has 1 N–H and O–H groups in total. The fourth-order valence-corrected chi connectivity index (χ4v) is 13.0. The third-order valence-electron chi connectivity index (χ3n) is 13.7. The van der Waals surface area contributed by atoms with Crippen molar-refractivity contribution < 1.29 is 98.5 Å². The number of fused-ring (bicyclic) bond motifs is 2. The van der Waals surface area contributed by atoms with Gasteiger partial charge >= 0.3 is 59.1 Å². The molecule has 0 aromatic heterocycles. The van der Waals surface area contributed by atoms with Gasteiger partial charge in [0.15, 0.2) is 0 Å². The van der Waals surface area contributed by atoms with Gasteiger partial charge in [-0.15, -0.1) is 0 Å². The Bertz CT molecular complexity index is 1250. The van der Waals surface area contributed by atoms with Crippen LogP contribution in [0.1, 0.15) is 112 Å². The molecule has 238 valence electrons. The van der Waals surface area contributed by atoms with E-state index in [0.29, 0.717) is 30.1 Å². The average Bonchev–Trinajstić information content (AvgIpc) is 3.40. The molecule has 2 spiro atoms. The fourth-order valence-electron chi connectivity index (χ4n) is 12.0. The van der Waals surface area contributed by atoms with E-state index in [1.807, 2.05) is 0 Å². The Labute approximate surface area is 304 Å². The molecule has 0 heterocycles. The van der Waals surface area contributed by atoms with Crippen LogP contribution in [0, 0.1) is 56.7 Å². The molecule has 0 amide bonds. The largest absolute Gasteiger partial charge is 1.00 e. The predicted molar refractivity (Wildman–Crippen MR) is 151 cm³/mol. The quantitative estimate of drug-likeness (QED) is 0.179. The summed E-state index contributed by atoms with van der Waals surface area (Å²) in [6.07, 6.45) is 8.57. The van der Waals surface area contributed by atoms with Crippen molar-refractivity contribution in [1.82, 2.24) is 0 Å². The summed E-state index contributed by atoms with van der Waals surface area (Å²) in [7, 11) is -10.0. The van der Waals surface area contributed by atoms with Crippen LogP contribution in [0.2, 0.25) is 0 Å². The summed E-state index contributed by atoms with van der Waals surface area (Å²) in [6.45, 7) is 12.9. The van der Waals surface area contributed by atoms with Crippen LogP contribution in [0.5, 0.6) is 0 Å². The molecule has 43 heavy (non-hydrogen) atoms. The van der Waals surface area contributed by atoms with E-state index in [0.717, 1.165) is 64.2 Å². The molecule has 0 aromatic carbocycles. The Morgan fingerprint density at radius 1 is 0.791 bits per heavy atom. The number of rotatable bonds is 10. The minimum absolute atomic E-state index is 0. The molecule has 5 rings (SSSR count). The van der Waals surface area contributed by atoms with Crippen molar-refractivity contribution in [2.75, 3.05) is 6.61 Å². The third-order valence-corrected chi connectivity index (χ3v) is 14.6. The van der Waals surface area contributed by atoms with Crippen molar-refractivity contribution in [2.45, 2.75) is 124 Å². The van der Waals surface area contributed by atoms with Gasteiger partial charge in [-0.2, -0.15) is 0 Å². The van der Waals surface area contributed by atoms with Gasteiger partial charge in [0.1, 0.15) is 0 Å². The van der Waals surface area contributed by atoms with E-state index in [2.05, 4.69) is 34.6 Å². The topological polar surface area (TPSA) is 153 Å². The van der Waals surface area contributed by atoms with E-state index in [-0.39, 0.29) is 92.8 Å². The van der Waals surface area contributed by atoms with Crippen molar-refractivity contribution >= 4 is 20.8 Å². The summed E-state index contributed by atoms with van der Waals surface area (Å²) < 4.78 is 79.2. The van der Waals surface area contributed by atoms with Crippen LogP contribution in [-0.2, 0) is 29.2 Å². The molecule has 5 aliphatic rings. The van der Waals surface area contributed by atoms with Gasteiger partial charge < -0.3 is 14.2 Å². The van der Waals surface area contributed by atoms with Crippen LogP contribution >= 0.6 is 0 Å². The van der Waals surface area contributed by atoms with E-state index in [4.69, 9.17) is 8.37 Å². The predicted octanol–water partition coefficient (Wildman–Crippen LogP) is -0.831. The molecule has 13 heteroatoms. The van der Waals surface area contributed by atoms with Gasteiger partial charge in [0.2, 0.25) is 20.8 Å². The van der Waals surface area contributed by atoms with Crippen LogP contribution in [-0.4, -0.2) is 49.9 Å². The van der Waals surface area contributed by atoms with Gasteiger partial charge in [-0.1, -0.05) is 41.5 Å². The summed E-state index contributed by atoms with van der Waals surface area (Å²) in [4.78, 5) is 0. The average molecular weight is 665 g/mol. The maximum atomic E-state index is 11.7. The molecular formula is C30H50Na2O9S2. The SMILES string of the molecule is CC(C)CC(O)CC(C)[C@H]1CC[C@@]2(C)[C@@H]3CC[C@@H]4[C@](C)(COS(=O)(=O)[O-])[C@@H](OS(=O)(=O)[O-])CC[C@@]45C[C@@]35CC[C@]12C.[Na+].[Na+]. The van der Waals surface area contributed by atoms with Crippen molar-refractivity contribution in [3.05, 3.63) is 0 Å². The van der Waals surface area contributed by atoms with Crippen LogP contribution in [0.3, 0.4) is 0 Å². The molecule has 5 saturated carbocycles. The molecule has 0 aliphatic heterocycles. The molecule has 0 saturated heterocycles. The van der Waals surface area contributed by atoms with Crippen molar-refractivity contribution in [1.29, 1.82) is 0 Å². The van der Waals surface area contributed by atoms with E-state index < -0.39 is 38.9 Å². The molecule has 0 radical (unpaired) electrons. The summed E-state index contributed by atoms with van der Waals surface area (Å²) in [5.41, 5.74) is -0.815. The molecule has 0 aromatic rings. The monoisotopic (exact) mass is 664 g/mol. The zero-order valence-electron chi connectivity index (χ0n) is 27.6. The molecular weight excluding hydrogens is 614 g/mol. The zero-order chi connectivity index (χ0) is 30.4. The molecule has 11 atom stereocenters. The minimum Gasteiger partial charge on any atom is -0.726 e. The Morgan fingerprint density at radius 3 is 1.98 bits per heavy atom. The van der Waals surface area contributed by atoms with E-state index in [1.165, 1.54) is 0 Å². The Balaban J connectivity index is 0.00000253. The number of aliphatic hydroxyl groups is 1. The van der Waals surface area contributed by atoms with Crippen molar-refractivity contribution in [3.63, 3.8) is 0 Å². The van der Waals surface area contributed by atoms with Gasteiger partial charge in [0, 0.05) is 5.41 Å². The smallest absolute Gasteiger partial charge is 0.726 e. The maximum absolute atomic E-state index is 11.7. The second-order valence-electron chi connectivity index (χ2n) is 15.9. The van der Waals surface area contributed by atoms with Gasteiger partial charge in [-0.3, -0.25) is 8.37 Å². The molecule has 9 nitrogen and oxygen atoms in total. The van der Waals surface area contributed by atoms with E-state index in [1.54, 1.807) is 6.92 Å². The van der Waals surface area contributed by atoms with Gasteiger partial charge in [-0.05, 0) is 122 Å². The minimum atomic E-state index is -5.03. The third kappa shape index (κ3) is 6.55. The summed E-state index contributed by atoms with van der Waals surface area (Å²) in [5.74, 6) is 1.84. The van der Waals surface area contributed by atoms with Gasteiger partial charge in [0.05, 0.1) is 18.8 Å². The first-order valence-electron chi connectivity index (χ1n) is 15.7. The van der Waals surface area contributed by atoms with Gasteiger partial charge in [0.25, 0.3) is 0 Å². The first-order valence-corrected chi connectivity index (χ1v) is 18.3. The summed E-state index contributed by atoms with van der Waals surface area (Å²) in [5, 5.41) is 10.8. The number of aliphatic hydroxyl groups excluding tert-OH is 1. The van der Waals surface area contributed by atoms with Crippen molar-refractivity contribution in [3.8, 4) is 0 Å². The normalized spacial score (nSPS) is 45.0. The van der Waals surface area contributed by atoms with Crippen molar-refractivity contribution in [2.24, 2.45) is 56.7 Å². The molecule has 5 aliphatic carbocycles.